The van der Waals surface area contributed by atoms with Crippen LogP contribution >= 0.6 is 10.0 Å². The van der Waals surface area contributed by atoms with Crippen molar-refractivity contribution < 1.29 is 23.2 Å². The summed E-state index contributed by atoms with van der Waals surface area (Å²) >= 11 is 0. The number of rotatable bonds is 7. The molecule has 0 spiro atoms. The molecule has 0 N–H and O–H groups in total. The Balaban J connectivity index is 1.97. The van der Waals surface area contributed by atoms with Crippen LogP contribution in [0.4, 0.5) is 4.39 Å². The molecule has 0 aromatic carbocycles. The van der Waals surface area contributed by atoms with E-state index in [-0.39, 0.29) is 12.5 Å². The molecule has 0 aliphatic carbocycles. The molecule has 0 unspecified atom stereocenters. The zero-order chi connectivity index (χ0) is 18.9. The highest BCUT2D eigenvalue weighted by Crippen LogP contribution is 2.36. The van der Waals surface area contributed by atoms with E-state index in [2.05, 4.69) is 23.8 Å². The second kappa shape index (κ2) is 7.43. The van der Waals surface area contributed by atoms with Gasteiger partial charge in [0, 0.05) is 17.4 Å². The van der Waals surface area contributed by atoms with Crippen LogP contribution in [0, 0.1) is 5.95 Å². The van der Waals surface area contributed by atoms with Crippen LogP contribution in [0.25, 0.3) is 0 Å². The second-order valence-electron chi connectivity index (χ2n) is 8.11. The van der Waals surface area contributed by atoms with Crippen LogP contribution in [0.2, 0.25) is 0 Å². The Labute approximate surface area is 152 Å². The largest absolute Gasteiger partial charge is 0.496 e. The number of pyridine rings is 1. The van der Waals surface area contributed by atoms with Crippen molar-refractivity contribution in [3.05, 3.63) is 18.2 Å². The highest BCUT2D eigenvalue weighted by molar-refractivity contribution is 8.32. The van der Waals surface area contributed by atoms with Crippen molar-refractivity contribution in [2.75, 3.05) is 37.9 Å². The lowest BCUT2D eigenvalue weighted by Crippen LogP contribution is -2.41. The SMILES string of the molecule is CC1(C)OB(c2cnc(F)c(OCOCCS(C)(C)C)c2)OC1(C)C. The first-order valence-corrected chi connectivity index (χ1v) is 11.3. The summed E-state index contributed by atoms with van der Waals surface area (Å²) in [7, 11) is -1.22. The Kier molecular flexibility index (Phi) is 6.08. The fourth-order valence-corrected chi connectivity index (χ4v) is 2.74. The van der Waals surface area contributed by atoms with Crippen LogP contribution in [0.1, 0.15) is 27.7 Å². The molecule has 1 aliphatic heterocycles. The van der Waals surface area contributed by atoms with E-state index in [4.69, 9.17) is 18.8 Å². The number of hydrogen-bond donors (Lipinski definition) is 0. The number of hydrogen-bond acceptors (Lipinski definition) is 5. The van der Waals surface area contributed by atoms with E-state index < -0.39 is 34.3 Å². The van der Waals surface area contributed by atoms with Crippen molar-refractivity contribution in [1.82, 2.24) is 4.98 Å². The summed E-state index contributed by atoms with van der Waals surface area (Å²) in [4.78, 5) is 3.75. The number of aromatic nitrogens is 1. The van der Waals surface area contributed by atoms with Gasteiger partial charge < -0.3 is 18.8 Å². The molecule has 2 rings (SSSR count). The highest BCUT2D eigenvalue weighted by atomic mass is 32.3. The third-order valence-corrected chi connectivity index (χ3v) is 5.88. The van der Waals surface area contributed by atoms with Gasteiger partial charge in [0.15, 0.2) is 12.5 Å². The van der Waals surface area contributed by atoms with Crippen molar-refractivity contribution >= 4 is 22.6 Å². The van der Waals surface area contributed by atoms with Crippen molar-refractivity contribution in [3.63, 3.8) is 0 Å². The van der Waals surface area contributed by atoms with Crippen LogP contribution < -0.4 is 10.2 Å². The number of halogens is 1. The molecule has 1 saturated heterocycles. The zero-order valence-electron chi connectivity index (χ0n) is 16.2. The molecule has 0 atom stereocenters. The molecule has 142 valence electrons. The molecular formula is C17H29BFNO4S. The number of nitrogens with zero attached hydrogens (tertiary/aromatic N) is 1. The number of ether oxygens (including phenoxy) is 2. The molecule has 1 aliphatic rings. The van der Waals surface area contributed by atoms with Crippen LogP contribution in [0.15, 0.2) is 12.3 Å². The first-order valence-electron chi connectivity index (χ1n) is 8.29. The normalized spacial score (nSPS) is 19.9. The molecule has 0 amide bonds. The van der Waals surface area contributed by atoms with E-state index in [0.29, 0.717) is 12.1 Å². The Morgan fingerprint density at radius 2 is 1.76 bits per heavy atom. The van der Waals surface area contributed by atoms with Crippen LogP contribution in [0.5, 0.6) is 5.75 Å². The molecule has 5 nitrogen and oxygen atoms in total. The van der Waals surface area contributed by atoms with Crippen molar-refractivity contribution in [3.8, 4) is 5.75 Å². The Hall–Kier alpha value is -0.825. The summed E-state index contributed by atoms with van der Waals surface area (Å²) < 4.78 is 36.6. The molecule has 0 bridgehead atoms. The predicted octanol–water partition coefficient (Wildman–Crippen LogP) is 2.57. The summed E-state index contributed by atoms with van der Waals surface area (Å²) in [6.45, 7) is 8.43. The van der Waals surface area contributed by atoms with Gasteiger partial charge in [0.1, 0.15) is 0 Å². The van der Waals surface area contributed by atoms with E-state index in [1.165, 1.54) is 6.20 Å². The molecular weight excluding hydrogens is 344 g/mol. The highest BCUT2D eigenvalue weighted by Gasteiger charge is 2.52. The smallest absolute Gasteiger partial charge is 0.463 e. The molecule has 1 fully saturated rings. The minimum atomic E-state index is -0.676. The van der Waals surface area contributed by atoms with Gasteiger partial charge in [-0.25, -0.2) is 15.0 Å². The first kappa shape index (κ1) is 20.5. The lowest BCUT2D eigenvalue weighted by atomic mass is 9.80. The summed E-state index contributed by atoms with van der Waals surface area (Å²) in [5.41, 5.74) is -0.314. The summed E-state index contributed by atoms with van der Waals surface area (Å²) in [5.74, 6) is 0.339. The second-order valence-corrected chi connectivity index (χ2v) is 12.7. The average molecular weight is 373 g/mol. The molecule has 2 heterocycles. The van der Waals surface area contributed by atoms with E-state index in [1.54, 1.807) is 6.07 Å². The maximum Gasteiger partial charge on any atom is 0.496 e. The van der Waals surface area contributed by atoms with Crippen LogP contribution in [0.3, 0.4) is 0 Å². The summed E-state index contributed by atoms with van der Waals surface area (Å²) in [5, 5.41) is 0. The monoisotopic (exact) mass is 373 g/mol. The minimum Gasteiger partial charge on any atom is -0.463 e. The lowest BCUT2D eigenvalue weighted by Gasteiger charge is -2.32. The maximum absolute atomic E-state index is 13.9. The van der Waals surface area contributed by atoms with Gasteiger partial charge in [0.2, 0.25) is 0 Å². The lowest BCUT2D eigenvalue weighted by molar-refractivity contribution is 0.00578. The van der Waals surface area contributed by atoms with E-state index in [0.717, 1.165) is 5.75 Å². The Morgan fingerprint density at radius 3 is 2.32 bits per heavy atom. The molecule has 1 aromatic heterocycles. The van der Waals surface area contributed by atoms with Crippen molar-refractivity contribution in [2.24, 2.45) is 0 Å². The van der Waals surface area contributed by atoms with Gasteiger partial charge in [-0.3, -0.25) is 0 Å². The summed E-state index contributed by atoms with van der Waals surface area (Å²) in [6.07, 6.45) is 8.06. The Morgan fingerprint density at radius 1 is 1.16 bits per heavy atom. The van der Waals surface area contributed by atoms with Gasteiger partial charge in [-0.2, -0.15) is 4.39 Å². The van der Waals surface area contributed by atoms with Gasteiger partial charge in [-0.05, 0) is 52.5 Å². The quantitative estimate of drug-likeness (QED) is 0.318. The molecule has 0 saturated carbocycles. The van der Waals surface area contributed by atoms with Crippen LogP contribution in [-0.2, 0) is 14.0 Å². The molecule has 0 radical (unpaired) electrons. The van der Waals surface area contributed by atoms with Crippen molar-refractivity contribution in [2.45, 2.75) is 38.9 Å². The summed E-state index contributed by atoms with van der Waals surface area (Å²) in [6, 6.07) is 1.56. The first-order chi connectivity index (χ1) is 11.4. The fourth-order valence-electron chi connectivity index (χ4n) is 2.13. The topological polar surface area (TPSA) is 49.8 Å². The standard InChI is InChI=1S/C17H29BFNO4S/c1-16(2)17(3,4)24-18(23-16)13-10-14(15(19)20-11-13)22-12-21-8-9-25(5,6)7/h10-11H,8-9,12H2,1-7H3. The van der Waals surface area contributed by atoms with Gasteiger partial charge in [0.25, 0.3) is 5.95 Å². The van der Waals surface area contributed by atoms with Crippen molar-refractivity contribution in [1.29, 1.82) is 0 Å². The van der Waals surface area contributed by atoms with E-state index in [1.807, 2.05) is 27.7 Å². The third-order valence-electron chi connectivity index (χ3n) is 4.49. The third kappa shape index (κ3) is 5.32. The van der Waals surface area contributed by atoms with Gasteiger partial charge >= 0.3 is 7.12 Å². The maximum atomic E-state index is 13.9. The van der Waals surface area contributed by atoms with Gasteiger partial charge in [0.05, 0.1) is 17.8 Å². The van der Waals surface area contributed by atoms with E-state index >= 15 is 0 Å². The van der Waals surface area contributed by atoms with Gasteiger partial charge in [-0.15, -0.1) is 0 Å². The molecule has 8 heteroatoms. The molecule has 1 aromatic rings. The van der Waals surface area contributed by atoms with Crippen LogP contribution in [-0.4, -0.2) is 61.2 Å². The van der Waals surface area contributed by atoms with E-state index in [9.17, 15) is 4.39 Å². The molecule has 25 heavy (non-hydrogen) atoms. The fraction of sp³-hybridized carbons (Fsp3) is 0.706. The zero-order valence-corrected chi connectivity index (χ0v) is 17.0. The van der Waals surface area contributed by atoms with Gasteiger partial charge in [-0.1, -0.05) is 0 Å². The minimum absolute atomic E-state index is 0.0130. The Bertz CT molecular complexity index is 591. The average Bonchev–Trinajstić information content (AvgIpc) is 2.67. The predicted molar refractivity (Wildman–Crippen MR) is 102 cm³/mol.